The van der Waals surface area contributed by atoms with Crippen LogP contribution < -0.4 is 0 Å². The van der Waals surface area contributed by atoms with E-state index in [0.29, 0.717) is 5.56 Å². The minimum atomic E-state index is -0.291. The summed E-state index contributed by atoms with van der Waals surface area (Å²) < 4.78 is 5.86. The van der Waals surface area contributed by atoms with Crippen LogP contribution in [-0.4, -0.2) is 18.1 Å². The number of carbonyl (C=O) groups is 1. The third-order valence-electron chi connectivity index (χ3n) is 2.34. The number of aryl methyl sites for hydroxylation is 1. The van der Waals surface area contributed by atoms with Crippen molar-refractivity contribution in [2.24, 2.45) is 0 Å². The molecule has 0 fully saturated rings. The molecule has 78 valence electrons. The minimum absolute atomic E-state index is 0.291. The molecule has 0 aliphatic rings. The zero-order valence-electron chi connectivity index (χ0n) is 8.43. The molecule has 0 radical (unpaired) electrons. The first kappa shape index (κ1) is 10.5. The number of benzene rings is 1. The van der Waals surface area contributed by atoms with Crippen molar-refractivity contribution in [2.75, 3.05) is 7.11 Å². The van der Waals surface area contributed by atoms with Crippen LogP contribution in [0, 0.1) is 10.5 Å². The summed E-state index contributed by atoms with van der Waals surface area (Å²) in [6.45, 7) is 1.87. The highest BCUT2D eigenvalue weighted by molar-refractivity contribution is 14.1. The second kappa shape index (κ2) is 3.84. The van der Waals surface area contributed by atoms with E-state index >= 15 is 0 Å². The maximum atomic E-state index is 11.6. The molecule has 2 rings (SSSR count). The second-order valence-electron chi connectivity index (χ2n) is 3.31. The Kier molecular flexibility index (Phi) is 2.68. The van der Waals surface area contributed by atoms with Gasteiger partial charge in [-0.2, -0.15) is 0 Å². The molecule has 0 aliphatic carbocycles. The van der Waals surface area contributed by atoms with Crippen molar-refractivity contribution in [2.45, 2.75) is 6.92 Å². The molecular weight excluding hydrogens is 305 g/mol. The second-order valence-corrected chi connectivity index (χ2v) is 4.55. The monoisotopic (exact) mass is 315 g/mol. The molecule has 0 saturated carbocycles. The fraction of sp³-hybridized carbons (Fsp3) is 0.182. The fourth-order valence-electron chi connectivity index (χ4n) is 1.66. The van der Waals surface area contributed by atoms with E-state index < -0.39 is 0 Å². The summed E-state index contributed by atoms with van der Waals surface area (Å²) in [4.78, 5) is 14.7. The van der Waals surface area contributed by atoms with Gasteiger partial charge in [0.25, 0.3) is 0 Å². The quantitative estimate of drug-likeness (QED) is 0.649. The number of H-pyrrole nitrogens is 1. The van der Waals surface area contributed by atoms with Crippen LogP contribution >= 0.6 is 22.6 Å². The number of hydrogen-bond acceptors (Lipinski definition) is 2. The Balaban J connectivity index is 2.76. The highest BCUT2D eigenvalue weighted by Gasteiger charge is 2.16. The Bertz CT molecular complexity index is 531. The number of aromatic nitrogens is 1. The summed E-state index contributed by atoms with van der Waals surface area (Å²) >= 11 is 2.22. The van der Waals surface area contributed by atoms with Crippen LogP contribution in [0.5, 0.6) is 0 Å². The topological polar surface area (TPSA) is 42.1 Å². The predicted molar refractivity (Wildman–Crippen MR) is 67.1 cm³/mol. The van der Waals surface area contributed by atoms with Gasteiger partial charge in [-0.05, 0) is 47.7 Å². The van der Waals surface area contributed by atoms with E-state index in [2.05, 4.69) is 27.6 Å². The number of halogens is 1. The fourth-order valence-corrected chi connectivity index (χ4v) is 2.16. The van der Waals surface area contributed by atoms with Gasteiger partial charge in [-0.3, -0.25) is 0 Å². The van der Waals surface area contributed by atoms with Gasteiger partial charge in [0, 0.05) is 20.2 Å². The number of rotatable bonds is 1. The van der Waals surface area contributed by atoms with Crippen LogP contribution in [-0.2, 0) is 4.74 Å². The lowest BCUT2D eigenvalue weighted by atomic mass is 10.1. The molecule has 0 aliphatic heterocycles. The van der Waals surface area contributed by atoms with Gasteiger partial charge < -0.3 is 9.72 Å². The van der Waals surface area contributed by atoms with E-state index in [9.17, 15) is 4.79 Å². The van der Waals surface area contributed by atoms with Crippen LogP contribution in [0.25, 0.3) is 10.9 Å². The Morgan fingerprint density at radius 3 is 2.87 bits per heavy atom. The van der Waals surface area contributed by atoms with Crippen LogP contribution in [0.2, 0.25) is 0 Å². The third-order valence-corrected chi connectivity index (χ3v) is 3.01. The van der Waals surface area contributed by atoms with E-state index in [1.807, 2.05) is 25.1 Å². The number of nitrogens with one attached hydrogen (secondary N) is 1. The van der Waals surface area contributed by atoms with Crippen molar-refractivity contribution in [3.63, 3.8) is 0 Å². The normalized spacial score (nSPS) is 10.6. The summed E-state index contributed by atoms with van der Waals surface area (Å²) in [7, 11) is 1.40. The summed E-state index contributed by atoms with van der Waals surface area (Å²) in [5.41, 5.74) is 2.44. The molecule has 15 heavy (non-hydrogen) atoms. The van der Waals surface area contributed by atoms with Gasteiger partial charge >= 0.3 is 5.97 Å². The van der Waals surface area contributed by atoms with E-state index in [4.69, 9.17) is 4.74 Å². The molecule has 0 bridgehead atoms. The number of carbonyl (C=O) groups excluding carboxylic acids is 1. The molecule has 0 unspecified atom stereocenters. The maximum Gasteiger partial charge on any atom is 0.340 e. The number of methoxy groups -OCH3 is 1. The number of ether oxygens (including phenoxy) is 1. The lowest BCUT2D eigenvalue weighted by Crippen LogP contribution is -2.02. The van der Waals surface area contributed by atoms with Gasteiger partial charge in [0.1, 0.15) is 0 Å². The van der Waals surface area contributed by atoms with Gasteiger partial charge in [-0.15, -0.1) is 0 Å². The standard InChI is InChI=1S/C11H10INO2/c1-6-10(11(14)15-2)8-5-7(12)3-4-9(8)13-6/h3-5,13H,1-2H3. The molecular formula is C11H10INO2. The van der Waals surface area contributed by atoms with Gasteiger partial charge in [-0.25, -0.2) is 4.79 Å². The van der Waals surface area contributed by atoms with Gasteiger partial charge in [0.15, 0.2) is 0 Å². The molecule has 0 spiro atoms. The molecule has 0 saturated heterocycles. The smallest absolute Gasteiger partial charge is 0.340 e. The lowest BCUT2D eigenvalue weighted by molar-refractivity contribution is 0.0602. The van der Waals surface area contributed by atoms with Crippen molar-refractivity contribution in [3.8, 4) is 0 Å². The Morgan fingerprint density at radius 1 is 1.47 bits per heavy atom. The maximum absolute atomic E-state index is 11.6. The molecule has 0 amide bonds. The van der Waals surface area contributed by atoms with E-state index in [1.54, 1.807) is 0 Å². The molecule has 1 aromatic carbocycles. The SMILES string of the molecule is COC(=O)c1c(C)[nH]c2ccc(I)cc12. The summed E-state index contributed by atoms with van der Waals surface area (Å²) in [5.74, 6) is -0.291. The molecule has 2 aromatic rings. The Labute approximate surface area is 101 Å². The highest BCUT2D eigenvalue weighted by atomic mass is 127. The summed E-state index contributed by atoms with van der Waals surface area (Å²) in [5, 5.41) is 0.922. The molecule has 0 atom stereocenters. The number of aromatic amines is 1. The average Bonchev–Trinajstić information content (AvgIpc) is 2.52. The minimum Gasteiger partial charge on any atom is -0.465 e. The highest BCUT2D eigenvalue weighted by Crippen LogP contribution is 2.24. The van der Waals surface area contributed by atoms with E-state index in [-0.39, 0.29) is 5.97 Å². The zero-order valence-corrected chi connectivity index (χ0v) is 10.6. The Hall–Kier alpha value is -1.04. The lowest BCUT2D eigenvalue weighted by Gasteiger charge is -1.98. The number of hydrogen-bond donors (Lipinski definition) is 1. The van der Waals surface area contributed by atoms with Gasteiger partial charge in [-0.1, -0.05) is 0 Å². The molecule has 1 heterocycles. The average molecular weight is 315 g/mol. The summed E-state index contributed by atoms with van der Waals surface area (Å²) in [6.07, 6.45) is 0. The van der Waals surface area contributed by atoms with Crippen molar-refractivity contribution in [1.82, 2.24) is 4.98 Å². The Morgan fingerprint density at radius 2 is 2.20 bits per heavy atom. The third kappa shape index (κ3) is 1.73. The first-order valence-electron chi connectivity index (χ1n) is 4.49. The van der Waals surface area contributed by atoms with Gasteiger partial charge in [0.2, 0.25) is 0 Å². The van der Waals surface area contributed by atoms with Gasteiger partial charge in [0.05, 0.1) is 12.7 Å². The van der Waals surface area contributed by atoms with Crippen molar-refractivity contribution in [3.05, 3.63) is 33.0 Å². The number of fused-ring (bicyclic) bond motifs is 1. The van der Waals surface area contributed by atoms with Crippen molar-refractivity contribution in [1.29, 1.82) is 0 Å². The van der Waals surface area contributed by atoms with E-state index in [1.165, 1.54) is 7.11 Å². The first-order chi connectivity index (χ1) is 7.13. The van der Waals surface area contributed by atoms with Crippen molar-refractivity contribution < 1.29 is 9.53 Å². The van der Waals surface area contributed by atoms with Crippen LogP contribution in [0.3, 0.4) is 0 Å². The molecule has 3 nitrogen and oxygen atoms in total. The van der Waals surface area contributed by atoms with Crippen LogP contribution in [0.1, 0.15) is 16.1 Å². The van der Waals surface area contributed by atoms with E-state index in [0.717, 1.165) is 20.2 Å². The van der Waals surface area contributed by atoms with Crippen LogP contribution in [0.4, 0.5) is 0 Å². The van der Waals surface area contributed by atoms with Crippen molar-refractivity contribution >= 4 is 39.5 Å². The largest absolute Gasteiger partial charge is 0.465 e. The molecule has 4 heteroatoms. The molecule has 1 N–H and O–H groups in total. The summed E-state index contributed by atoms with van der Waals surface area (Å²) in [6, 6.07) is 5.95. The zero-order chi connectivity index (χ0) is 11.0. The van der Waals surface area contributed by atoms with Crippen LogP contribution in [0.15, 0.2) is 18.2 Å². The predicted octanol–water partition coefficient (Wildman–Crippen LogP) is 2.87. The molecule has 1 aromatic heterocycles. The number of esters is 1. The first-order valence-corrected chi connectivity index (χ1v) is 5.57.